The third kappa shape index (κ3) is 3.00. The fraction of sp³-hybridized carbons (Fsp3) is 0.235. The molecule has 1 saturated carbocycles. The number of nitrogens with zero attached hydrogens (tertiary/aromatic N) is 2. The molecule has 23 heavy (non-hydrogen) atoms. The molecule has 2 N–H and O–H groups in total. The Kier molecular flexibility index (Phi) is 3.63. The molecule has 1 aromatic heterocycles. The van der Waals surface area contributed by atoms with Gasteiger partial charge in [-0.25, -0.2) is 0 Å². The summed E-state index contributed by atoms with van der Waals surface area (Å²) < 4.78 is 0. The summed E-state index contributed by atoms with van der Waals surface area (Å²) in [5.41, 5.74) is 1.90. The van der Waals surface area contributed by atoms with E-state index < -0.39 is 0 Å². The number of carbonyl (C=O) groups excluding carboxylic acids is 1. The Morgan fingerprint density at radius 1 is 1.43 bits per heavy atom. The zero-order chi connectivity index (χ0) is 15.8. The van der Waals surface area contributed by atoms with Gasteiger partial charge in [0.25, 0.3) is 5.91 Å². The largest absolute Gasteiger partial charge is 0.396 e. The lowest BCUT2D eigenvalue weighted by Crippen LogP contribution is -2.20. The fourth-order valence-corrected chi connectivity index (χ4v) is 3.44. The van der Waals surface area contributed by atoms with Crippen LogP contribution in [0.4, 0.5) is 0 Å². The number of fused-ring (bicyclic) bond motifs is 1. The Balaban J connectivity index is 1.56. The third-order valence-corrected chi connectivity index (χ3v) is 4.90. The van der Waals surface area contributed by atoms with Gasteiger partial charge in [-0.2, -0.15) is 0 Å². The smallest absolute Gasteiger partial charge is 0.264 e. The van der Waals surface area contributed by atoms with Crippen molar-refractivity contribution in [2.45, 2.75) is 12.5 Å². The van der Waals surface area contributed by atoms with Gasteiger partial charge in [-0.3, -0.25) is 14.8 Å². The van der Waals surface area contributed by atoms with E-state index in [0.29, 0.717) is 10.1 Å². The second-order valence-corrected chi connectivity index (χ2v) is 6.73. The summed E-state index contributed by atoms with van der Waals surface area (Å²) in [4.78, 5) is 21.5. The van der Waals surface area contributed by atoms with Crippen LogP contribution < -0.4 is 5.32 Å². The number of rotatable bonds is 3. The molecule has 2 fully saturated rings. The molecular weight excluding hydrogens is 310 g/mol. The first-order chi connectivity index (χ1) is 11.2. The molecular formula is C17H15N3O2S. The Morgan fingerprint density at radius 2 is 2.35 bits per heavy atom. The van der Waals surface area contributed by atoms with Crippen molar-refractivity contribution in [1.82, 2.24) is 10.3 Å². The second-order valence-electron chi connectivity index (χ2n) is 5.70. The summed E-state index contributed by atoms with van der Waals surface area (Å²) in [6, 6.07) is 9.96. The minimum Gasteiger partial charge on any atom is -0.396 e. The van der Waals surface area contributed by atoms with Crippen molar-refractivity contribution < 1.29 is 9.90 Å². The number of aromatic nitrogens is 1. The number of amidine groups is 1. The summed E-state index contributed by atoms with van der Waals surface area (Å²) in [7, 11) is 0. The number of hydrogen-bond donors (Lipinski definition) is 2. The number of hydrogen-bond acceptors (Lipinski definition) is 5. The number of amides is 1. The van der Waals surface area contributed by atoms with Crippen LogP contribution in [0.3, 0.4) is 0 Å². The number of thioether (sulfide) groups is 1. The highest BCUT2D eigenvalue weighted by Gasteiger charge is 2.37. The molecule has 116 valence electrons. The molecule has 4 rings (SSSR count). The van der Waals surface area contributed by atoms with E-state index in [1.54, 1.807) is 6.20 Å². The first-order valence-electron chi connectivity index (χ1n) is 7.47. The van der Waals surface area contributed by atoms with Crippen molar-refractivity contribution in [2.75, 3.05) is 6.61 Å². The molecule has 0 spiro atoms. The van der Waals surface area contributed by atoms with Crippen LogP contribution in [0.2, 0.25) is 0 Å². The number of pyridine rings is 1. The molecule has 2 unspecified atom stereocenters. The summed E-state index contributed by atoms with van der Waals surface area (Å²) >= 11 is 1.35. The minimum atomic E-state index is -0.124. The molecule has 0 bridgehead atoms. The van der Waals surface area contributed by atoms with E-state index in [0.717, 1.165) is 22.9 Å². The molecule has 2 atom stereocenters. The lowest BCUT2D eigenvalue weighted by Gasteiger charge is -1.99. The lowest BCUT2D eigenvalue weighted by molar-refractivity contribution is -0.115. The zero-order valence-electron chi connectivity index (χ0n) is 12.3. The molecule has 1 amide bonds. The summed E-state index contributed by atoms with van der Waals surface area (Å²) in [5, 5.41) is 13.5. The molecule has 0 radical (unpaired) electrons. The van der Waals surface area contributed by atoms with Crippen LogP contribution in [0, 0.1) is 5.92 Å². The van der Waals surface area contributed by atoms with Gasteiger partial charge in [-0.1, -0.05) is 12.1 Å². The molecule has 6 heteroatoms. The predicted octanol–water partition coefficient (Wildman–Crippen LogP) is 2.18. The van der Waals surface area contributed by atoms with Crippen LogP contribution >= 0.6 is 11.8 Å². The number of aliphatic hydroxyl groups is 1. The zero-order valence-corrected chi connectivity index (χ0v) is 13.1. The summed E-state index contributed by atoms with van der Waals surface area (Å²) in [6.45, 7) is 0.161. The van der Waals surface area contributed by atoms with Crippen LogP contribution in [-0.4, -0.2) is 33.8 Å². The fourth-order valence-electron chi connectivity index (χ4n) is 2.56. The van der Waals surface area contributed by atoms with Crippen molar-refractivity contribution in [3.63, 3.8) is 0 Å². The van der Waals surface area contributed by atoms with Crippen molar-refractivity contribution >= 4 is 39.8 Å². The van der Waals surface area contributed by atoms with Crippen LogP contribution in [0.25, 0.3) is 17.0 Å². The number of nitrogens with one attached hydrogen (secondary N) is 1. The number of benzene rings is 1. The quantitative estimate of drug-likeness (QED) is 0.848. The normalized spacial score (nSPS) is 26.9. The van der Waals surface area contributed by atoms with Crippen molar-refractivity contribution in [1.29, 1.82) is 0 Å². The number of aliphatic hydroxyl groups excluding tert-OH is 1. The summed E-state index contributed by atoms with van der Waals surface area (Å²) in [5.74, 6) is 0.127. The van der Waals surface area contributed by atoms with Gasteiger partial charge >= 0.3 is 0 Å². The standard InChI is InChI=1S/C17H15N3O2S/c21-9-12-8-14(12)19-17-20-16(22)15(23-17)7-10-3-4-13-11(6-10)2-1-5-18-13/h1-7,12,14,21H,8-9H2,(H,19,20,22)/b15-7-. The first kappa shape index (κ1) is 14.4. The SMILES string of the molecule is O=C1NC(=NC2CC2CO)S/C1=C\c1ccc2ncccc2c1. The highest BCUT2D eigenvalue weighted by atomic mass is 32.2. The molecule has 1 aliphatic carbocycles. The average Bonchev–Trinajstić information content (AvgIpc) is 3.23. The van der Waals surface area contributed by atoms with Crippen LogP contribution in [0.5, 0.6) is 0 Å². The molecule has 2 heterocycles. The second kappa shape index (κ2) is 5.79. The van der Waals surface area contributed by atoms with Gasteiger partial charge in [-0.05, 0) is 48.0 Å². The number of carbonyl (C=O) groups is 1. The third-order valence-electron chi connectivity index (χ3n) is 3.98. The predicted molar refractivity (Wildman–Crippen MR) is 91.9 cm³/mol. The van der Waals surface area contributed by atoms with Gasteiger partial charge in [0.05, 0.1) is 16.5 Å². The van der Waals surface area contributed by atoms with E-state index in [2.05, 4.69) is 15.3 Å². The van der Waals surface area contributed by atoms with Crippen molar-refractivity contribution in [3.8, 4) is 0 Å². The van der Waals surface area contributed by atoms with Crippen LogP contribution in [0.1, 0.15) is 12.0 Å². The molecule has 1 aliphatic heterocycles. The van der Waals surface area contributed by atoms with E-state index >= 15 is 0 Å². The van der Waals surface area contributed by atoms with Crippen LogP contribution in [0.15, 0.2) is 46.4 Å². The van der Waals surface area contributed by atoms with Gasteiger partial charge in [0.15, 0.2) is 5.17 Å². The van der Waals surface area contributed by atoms with Crippen LogP contribution in [-0.2, 0) is 4.79 Å². The van der Waals surface area contributed by atoms with Gasteiger partial charge in [-0.15, -0.1) is 0 Å². The van der Waals surface area contributed by atoms with E-state index in [-0.39, 0.29) is 24.5 Å². The lowest BCUT2D eigenvalue weighted by atomic mass is 10.1. The Morgan fingerprint density at radius 3 is 3.17 bits per heavy atom. The minimum absolute atomic E-state index is 0.124. The molecule has 1 aromatic carbocycles. The van der Waals surface area contributed by atoms with E-state index in [4.69, 9.17) is 5.11 Å². The Labute approximate surface area is 137 Å². The Hall–Kier alpha value is -2.18. The highest BCUT2D eigenvalue weighted by molar-refractivity contribution is 8.18. The highest BCUT2D eigenvalue weighted by Crippen LogP contribution is 2.35. The maximum Gasteiger partial charge on any atom is 0.264 e. The maximum absolute atomic E-state index is 12.1. The first-order valence-corrected chi connectivity index (χ1v) is 8.29. The van der Waals surface area contributed by atoms with Gasteiger partial charge < -0.3 is 10.4 Å². The van der Waals surface area contributed by atoms with Crippen molar-refractivity contribution in [2.24, 2.45) is 10.9 Å². The monoisotopic (exact) mass is 325 g/mol. The average molecular weight is 325 g/mol. The van der Waals surface area contributed by atoms with Crippen molar-refractivity contribution in [3.05, 3.63) is 47.0 Å². The Bertz CT molecular complexity index is 847. The van der Waals surface area contributed by atoms with E-state index in [1.165, 1.54) is 11.8 Å². The summed E-state index contributed by atoms with van der Waals surface area (Å²) in [6.07, 6.45) is 4.53. The van der Waals surface area contributed by atoms with Gasteiger partial charge in [0.1, 0.15) is 0 Å². The maximum atomic E-state index is 12.1. The topological polar surface area (TPSA) is 74.6 Å². The van der Waals surface area contributed by atoms with Gasteiger partial charge in [0, 0.05) is 24.1 Å². The van der Waals surface area contributed by atoms with E-state index in [9.17, 15) is 4.79 Å². The molecule has 2 aliphatic rings. The number of aliphatic imine (C=N–C) groups is 1. The van der Waals surface area contributed by atoms with E-state index in [1.807, 2.05) is 36.4 Å². The molecule has 5 nitrogen and oxygen atoms in total. The van der Waals surface area contributed by atoms with Gasteiger partial charge in [0.2, 0.25) is 0 Å². The molecule has 2 aromatic rings. The molecule has 1 saturated heterocycles.